The van der Waals surface area contributed by atoms with Crippen molar-refractivity contribution >= 4 is 0 Å². The smallest absolute Gasteiger partial charge is 0.122 e. The molecule has 2 heteroatoms. The molecule has 0 aliphatic heterocycles. The van der Waals surface area contributed by atoms with Gasteiger partial charge in [0.1, 0.15) is 12.4 Å². The van der Waals surface area contributed by atoms with Crippen LogP contribution < -0.4 is 4.74 Å². The largest absolute Gasteiger partial charge is 0.491 e. The van der Waals surface area contributed by atoms with Crippen LogP contribution in [0.4, 0.5) is 0 Å². The summed E-state index contributed by atoms with van der Waals surface area (Å²) in [7, 11) is 0. The van der Waals surface area contributed by atoms with Gasteiger partial charge in [-0.1, -0.05) is 106 Å². The van der Waals surface area contributed by atoms with Crippen molar-refractivity contribution in [3.8, 4) is 16.9 Å². The average molecular weight is 473 g/mol. The quantitative estimate of drug-likeness (QED) is 0.194. The predicted octanol–water partition coefficient (Wildman–Crippen LogP) is 8.85. The van der Waals surface area contributed by atoms with Gasteiger partial charge >= 0.3 is 0 Å². The highest BCUT2D eigenvalue weighted by atomic mass is 16.5. The molecule has 0 aliphatic rings. The lowest BCUT2D eigenvalue weighted by atomic mass is 9.98. The maximum atomic E-state index is 6.32. The van der Waals surface area contributed by atoms with E-state index in [1.165, 1.54) is 59.9 Å². The number of hydrogen-bond donors (Lipinski definition) is 0. The van der Waals surface area contributed by atoms with Crippen LogP contribution in [0.1, 0.15) is 76.0 Å². The van der Waals surface area contributed by atoms with E-state index in [1.807, 2.05) is 0 Å². The molecule has 3 rings (SSSR count). The molecular formula is C33H44O2. The standard InChI is InChI=1S/C33H44O2/c1-4-6-7-8-10-13-29-19-23-32(33(25-29)35-26-27(3)34-24-5-2)22-18-28-16-20-31(21-17-28)30-14-11-9-12-15-30/h9,11-12,14-17,19-21,23,25,27H,4-8,10,13,18,22,24,26H2,1-3H3. The van der Waals surface area contributed by atoms with Crippen LogP contribution >= 0.6 is 0 Å². The van der Waals surface area contributed by atoms with Crippen LogP contribution in [0, 0.1) is 0 Å². The van der Waals surface area contributed by atoms with Gasteiger partial charge in [-0.2, -0.15) is 0 Å². The predicted molar refractivity (Wildman–Crippen MR) is 149 cm³/mol. The molecule has 3 aromatic carbocycles. The van der Waals surface area contributed by atoms with E-state index < -0.39 is 0 Å². The van der Waals surface area contributed by atoms with E-state index in [2.05, 4.69) is 93.6 Å². The number of ether oxygens (including phenoxy) is 2. The van der Waals surface area contributed by atoms with E-state index in [9.17, 15) is 0 Å². The second kappa shape index (κ2) is 15.4. The Labute approximate surface area is 213 Å². The van der Waals surface area contributed by atoms with Crippen molar-refractivity contribution in [3.63, 3.8) is 0 Å². The molecule has 0 fully saturated rings. The van der Waals surface area contributed by atoms with Gasteiger partial charge in [0.2, 0.25) is 0 Å². The van der Waals surface area contributed by atoms with E-state index in [1.54, 1.807) is 0 Å². The van der Waals surface area contributed by atoms with Gasteiger partial charge in [-0.05, 0) is 72.9 Å². The molecule has 188 valence electrons. The number of benzene rings is 3. The molecular weight excluding hydrogens is 428 g/mol. The van der Waals surface area contributed by atoms with Gasteiger partial charge in [0.15, 0.2) is 0 Å². The molecule has 35 heavy (non-hydrogen) atoms. The van der Waals surface area contributed by atoms with Gasteiger partial charge in [0, 0.05) is 6.61 Å². The third-order valence-electron chi connectivity index (χ3n) is 6.52. The van der Waals surface area contributed by atoms with E-state index in [4.69, 9.17) is 9.47 Å². The molecule has 0 aliphatic carbocycles. The topological polar surface area (TPSA) is 18.5 Å². The lowest BCUT2D eigenvalue weighted by Gasteiger charge is -2.17. The van der Waals surface area contributed by atoms with Crippen molar-refractivity contribution in [1.29, 1.82) is 0 Å². The summed E-state index contributed by atoms with van der Waals surface area (Å²) in [5.41, 5.74) is 6.56. The van der Waals surface area contributed by atoms with Crippen LogP contribution in [0.5, 0.6) is 5.75 Å². The molecule has 0 bridgehead atoms. The minimum atomic E-state index is 0.103. The minimum Gasteiger partial charge on any atom is -0.491 e. The Morgan fingerprint density at radius 1 is 0.657 bits per heavy atom. The summed E-state index contributed by atoms with van der Waals surface area (Å²) in [5, 5.41) is 0. The molecule has 0 saturated heterocycles. The monoisotopic (exact) mass is 472 g/mol. The molecule has 0 spiro atoms. The van der Waals surface area contributed by atoms with Crippen LogP contribution in [0.3, 0.4) is 0 Å². The fourth-order valence-electron chi connectivity index (χ4n) is 4.38. The molecule has 3 aromatic rings. The Kier molecular flexibility index (Phi) is 11.9. The summed E-state index contributed by atoms with van der Waals surface area (Å²) >= 11 is 0. The van der Waals surface area contributed by atoms with Crippen LogP contribution in [0.25, 0.3) is 11.1 Å². The van der Waals surface area contributed by atoms with Crippen LogP contribution in [-0.2, 0) is 24.0 Å². The summed E-state index contributed by atoms with van der Waals surface area (Å²) < 4.78 is 12.2. The molecule has 2 nitrogen and oxygen atoms in total. The summed E-state index contributed by atoms with van der Waals surface area (Å²) in [5.74, 6) is 1.03. The lowest BCUT2D eigenvalue weighted by molar-refractivity contribution is 0.0325. The van der Waals surface area contributed by atoms with Gasteiger partial charge in [-0.3, -0.25) is 0 Å². The highest BCUT2D eigenvalue weighted by molar-refractivity contribution is 5.63. The second-order valence-electron chi connectivity index (χ2n) is 9.66. The van der Waals surface area contributed by atoms with Crippen molar-refractivity contribution in [3.05, 3.63) is 89.5 Å². The summed E-state index contributed by atoms with van der Waals surface area (Å²) in [4.78, 5) is 0. The molecule has 1 unspecified atom stereocenters. The Morgan fingerprint density at radius 3 is 2.11 bits per heavy atom. The summed E-state index contributed by atoms with van der Waals surface area (Å²) in [6.07, 6.45) is 10.8. The maximum Gasteiger partial charge on any atom is 0.122 e. The molecule has 0 radical (unpaired) electrons. The van der Waals surface area contributed by atoms with Crippen molar-refractivity contribution in [1.82, 2.24) is 0 Å². The normalized spacial score (nSPS) is 12.0. The highest BCUT2D eigenvalue weighted by Crippen LogP contribution is 2.25. The molecule has 0 saturated carbocycles. The van der Waals surface area contributed by atoms with Crippen LogP contribution in [0.15, 0.2) is 72.8 Å². The minimum absolute atomic E-state index is 0.103. The molecule has 1 atom stereocenters. The summed E-state index contributed by atoms with van der Waals surface area (Å²) in [6, 6.07) is 26.4. The Morgan fingerprint density at radius 2 is 1.37 bits per heavy atom. The fourth-order valence-corrected chi connectivity index (χ4v) is 4.38. The van der Waals surface area contributed by atoms with Crippen LogP contribution in [0.2, 0.25) is 0 Å². The molecule has 0 heterocycles. The second-order valence-corrected chi connectivity index (χ2v) is 9.66. The Bertz CT molecular complexity index is 962. The lowest BCUT2D eigenvalue weighted by Crippen LogP contribution is -2.19. The first-order chi connectivity index (χ1) is 17.2. The summed E-state index contributed by atoms with van der Waals surface area (Å²) in [6.45, 7) is 7.89. The fraction of sp³-hybridized carbons (Fsp3) is 0.455. The van der Waals surface area contributed by atoms with Gasteiger partial charge in [0.05, 0.1) is 6.10 Å². The van der Waals surface area contributed by atoms with Crippen molar-refractivity contribution in [2.45, 2.75) is 84.7 Å². The number of hydrogen-bond acceptors (Lipinski definition) is 2. The van der Waals surface area contributed by atoms with Gasteiger partial charge in [-0.25, -0.2) is 0 Å². The van der Waals surface area contributed by atoms with E-state index in [-0.39, 0.29) is 6.10 Å². The highest BCUT2D eigenvalue weighted by Gasteiger charge is 2.10. The zero-order valence-electron chi connectivity index (χ0n) is 22.1. The first-order valence-corrected chi connectivity index (χ1v) is 13.7. The van der Waals surface area contributed by atoms with Crippen molar-refractivity contribution < 1.29 is 9.47 Å². The number of rotatable bonds is 16. The first kappa shape index (κ1) is 27.0. The molecule has 0 N–H and O–H groups in total. The zero-order chi connectivity index (χ0) is 24.7. The van der Waals surface area contributed by atoms with Gasteiger partial charge in [0.25, 0.3) is 0 Å². The van der Waals surface area contributed by atoms with Crippen molar-refractivity contribution in [2.75, 3.05) is 13.2 Å². The third-order valence-corrected chi connectivity index (χ3v) is 6.52. The maximum absolute atomic E-state index is 6.32. The van der Waals surface area contributed by atoms with Crippen molar-refractivity contribution in [2.24, 2.45) is 0 Å². The number of aryl methyl sites for hydroxylation is 3. The third kappa shape index (κ3) is 9.53. The van der Waals surface area contributed by atoms with E-state index >= 15 is 0 Å². The van der Waals surface area contributed by atoms with E-state index in [0.717, 1.165) is 38.0 Å². The van der Waals surface area contributed by atoms with Crippen LogP contribution in [-0.4, -0.2) is 19.3 Å². The average Bonchev–Trinajstić information content (AvgIpc) is 2.90. The Balaban J connectivity index is 1.63. The van der Waals surface area contributed by atoms with Gasteiger partial charge in [-0.15, -0.1) is 0 Å². The van der Waals surface area contributed by atoms with E-state index in [0.29, 0.717) is 6.61 Å². The van der Waals surface area contributed by atoms with Gasteiger partial charge < -0.3 is 9.47 Å². The number of unbranched alkanes of at least 4 members (excludes halogenated alkanes) is 4. The SMILES string of the molecule is CCCCCCCc1ccc(CCc2ccc(-c3ccccc3)cc2)c(OCC(C)OCCC)c1. The first-order valence-electron chi connectivity index (χ1n) is 13.7. The molecule has 0 aromatic heterocycles. The zero-order valence-corrected chi connectivity index (χ0v) is 22.1. The Hall–Kier alpha value is -2.58. The molecule has 0 amide bonds.